The highest BCUT2D eigenvalue weighted by atomic mass is 19.1. The van der Waals surface area contributed by atoms with E-state index in [4.69, 9.17) is 5.11 Å². The summed E-state index contributed by atoms with van der Waals surface area (Å²) in [4.78, 5) is 0. The Morgan fingerprint density at radius 1 is 1.24 bits per heavy atom. The van der Waals surface area contributed by atoms with Gasteiger partial charge in [0.2, 0.25) is 0 Å². The summed E-state index contributed by atoms with van der Waals surface area (Å²) in [6.07, 6.45) is 2.17. The fourth-order valence-electron chi connectivity index (χ4n) is 1.59. The molecule has 0 fully saturated rings. The van der Waals surface area contributed by atoms with Gasteiger partial charge in [-0.3, -0.25) is 0 Å². The van der Waals surface area contributed by atoms with Crippen LogP contribution in [0.2, 0.25) is 0 Å². The molecule has 1 rings (SSSR count). The van der Waals surface area contributed by atoms with Gasteiger partial charge in [0.25, 0.3) is 0 Å². The highest BCUT2D eigenvalue weighted by molar-refractivity contribution is 5.29. The van der Waals surface area contributed by atoms with E-state index < -0.39 is 17.4 Å². The molecule has 96 valence electrons. The molecule has 0 aliphatic carbocycles. The first-order valence-electron chi connectivity index (χ1n) is 5.88. The van der Waals surface area contributed by atoms with Crippen molar-refractivity contribution in [1.29, 1.82) is 0 Å². The predicted molar refractivity (Wildman–Crippen MR) is 63.8 cm³/mol. The molecule has 0 heterocycles. The third-order valence-electron chi connectivity index (χ3n) is 2.54. The van der Waals surface area contributed by atoms with E-state index in [9.17, 15) is 8.78 Å². The van der Waals surface area contributed by atoms with Crippen molar-refractivity contribution in [2.24, 2.45) is 5.92 Å². The molecule has 0 amide bonds. The van der Waals surface area contributed by atoms with Crippen LogP contribution in [0.25, 0.3) is 0 Å². The largest absolute Gasteiger partial charge is 0.503 e. The minimum Gasteiger partial charge on any atom is -0.503 e. The van der Waals surface area contributed by atoms with E-state index in [2.05, 4.69) is 19.2 Å². The smallest absolute Gasteiger partial charge is 0.187 e. The zero-order valence-corrected chi connectivity index (χ0v) is 10.3. The summed E-state index contributed by atoms with van der Waals surface area (Å²) in [5.41, 5.74) is 0.502. The number of nitrogens with one attached hydrogen (secondary N) is 1. The van der Waals surface area contributed by atoms with E-state index in [1.54, 1.807) is 0 Å². The first-order chi connectivity index (χ1) is 8.00. The standard InChI is InChI=1S/C13H19F2NO/c1-9(2)4-3-5-16-8-10-6-11(14)13(17)12(15)7-10/h6-7,9,16-17H,3-5,8H2,1-2H3. The zero-order chi connectivity index (χ0) is 12.8. The maximum Gasteiger partial charge on any atom is 0.187 e. The Labute approximate surface area is 101 Å². The molecule has 2 nitrogen and oxygen atoms in total. The molecule has 17 heavy (non-hydrogen) atoms. The molecule has 0 unspecified atom stereocenters. The van der Waals surface area contributed by atoms with Gasteiger partial charge in [-0.2, -0.15) is 0 Å². The monoisotopic (exact) mass is 243 g/mol. The molecule has 0 radical (unpaired) electrons. The maximum absolute atomic E-state index is 13.0. The van der Waals surface area contributed by atoms with Crippen LogP contribution < -0.4 is 5.32 Å². The van der Waals surface area contributed by atoms with Crippen molar-refractivity contribution in [3.63, 3.8) is 0 Å². The summed E-state index contributed by atoms with van der Waals surface area (Å²) in [7, 11) is 0. The van der Waals surface area contributed by atoms with Crippen LogP contribution in [0.1, 0.15) is 32.3 Å². The Hall–Kier alpha value is -1.16. The van der Waals surface area contributed by atoms with Crippen LogP contribution in [0.3, 0.4) is 0 Å². The molecule has 1 aromatic rings. The second-order valence-corrected chi connectivity index (χ2v) is 4.62. The maximum atomic E-state index is 13.0. The molecule has 0 bridgehead atoms. The molecule has 0 atom stereocenters. The first-order valence-corrected chi connectivity index (χ1v) is 5.88. The van der Waals surface area contributed by atoms with Crippen molar-refractivity contribution < 1.29 is 13.9 Å². The minimum atomic E-state index is -0.913. The number of halogens is 2. The van der Waals surface area contributed by atoms with Gasteiger partial charge in [0.05, 0.1) is 0 Å². The summed E-state index contributed by atoms with van der Waals surface area (Å²) in [5.74, 6) is -2.07. The minimum absolute atomic E-state index is 0.409. The summed E-state index contributed by atoms with van der Waals surface area (Å²) >= 11 is 0. The number of hydrogen-bond acceptors (Lipinski definition) is 2. The second kappa shape index (κ2) is 6.55. The summed E-state index contributed by atoms with van der Waals surface area (Å²) in [6, 6.07) is 2.29. The Kier molecular flexibility index (Phi) is 5.35. The molecule has 2 N–H and O–H groups in total. The molecule has 0 aliphatic heterocycles. The second-order valence-electron chi connectivity index (χ2n) is 4.62. The van der Waals surface area contributed by atoms with Gasteiger partial charge in [-0.05, 0) is 43.0 Å². The molecule has 0 saturated carbocycles. The van der Waals surface area contributed by atoms with Gasteiger partial charge in [0, 0.05) is 6.54 Å². The average molecular weight is 243 g/mol. The van der Waals surface area contributed by atoms with Gasteiger partial charge in [-0.1, -0.05) is 13.8 Å². The van der Waals surface area contributed by atoms with E-state index >= 15 is 0 Å². The Bertz CT molecular complexity index is 343. The SMILES string of the molecule is CC(C)CCCNCc1cc(F)c(O)c(F)c1. The van der Waals surface area contributed by atoms with Crippen molar-refractivity contribution in [2.45, 2.75) is 33.2 Å². The average Bonchev–Trinajstić information content (AvgIpc) is 2.25. The lowest BCUT2D eigenvalue weighted by Gasteiger charge is -2.07. The van der Waals surface area contributed by atoms with Crippen LogP contribution in [0, 0.1) is 17.6 Å². The van der Waals surface area contributed by atoms with E-state index in [0.29, 0.717) is 18.0 Å². The highest BCUT2D eigenvalue weighted by Crippen LogP contribution is 2.21. The fourth-order valence-corrected chi connectivity index (χ4v) is 1.59. The normalized spacial score (nSPS) is 11.1. The van der Waals surface area contributed by atoms with E-state index in [1.165, 1.54) is 0 Å². The van der Waals surface area contributed by atoms with Crippen molar-refractivity contribution in [3.05, 3.63) is 29.3 Å². The summed E-state index contributed by atoms with van der Waals surface area (Å²) < 4.78 is 26.0. The highest BCUT2D eigenvalue weighted by Gasteiger charge is 2.08. The molecule has 0 saturated heterocycles. The molecule has 0 aromatic heterocycles. The number of rotatable bonds is 6. The molecule has 0 aliphatic rings. The van der Waals surface area contributed by atoms with Crippen LogP contribution in [0.5, 0.6) is 5.75 Å². The fraction of sp³-hybridized carbons (Fsp3) is 0.538. The molecule has 4 heteroatoms. The van der Waals surface area contributed by atoms with E-state index in [-0.39, 0.29) is 0 Å². The number of phenols is 1. The van der Waals surface area contributed by atoms with Gasteiger partial charge < -0.3 is 10.4 Å². The molecule has 0 spiro atoms. The summed E-state index contributed by atoms with van der Waals surface area (Å²) in [5, 5.41) is 12.0. The summed E-state index contributed by atoms with van der Waals surface area (Å²) in [6.45, 7) is 5.55. The Balaban J connectivity index is 2.37. The Morgan fingerprint density at radius 3 is 2.35 bits per heavy atom. The number of aromatic hydroxyl groups is 1. The molecular weight excluding hydrogens is 224 g/mol. The van der Waals surface area contributed by atoms with Gasteiger partial charge in [-0.15, -0.1) is 0 Å². The van der Waals surface area contributed by atoms with E-state index in [1.807, 2.05) is 0 Å². The number of benzene rings is 1. The van der Waals surface area contributed by atoms with Crippen LogP contribution in [-0.4, -0.2) is 11.7 Å². The lowest BCUT2D eigenvalue weighted by atomic mass is 10.1. The van der Waals surface area contributed by atoms with Crippen molar-refractivity contribution in [3.8, 4) is 5.75 Å². The number of phenolic OH excluding ortho intramolecular Hbond substituents is 1. The van der Waals surface area contributed by atoms with Crippen LogP contribution in [0.4, 0.5) is 8.78 Å². The first kappa shape index (κ1) is 13.9. The van der Waals surface area contributed by atoms with Gasteiger partial charge in [0.15, 0.2) is 17.4 Å². The van der Waals surface area contributed by atoms with E-state index in [0.717, 1.165) is 31.5 Å². The van der Waals surface area contributed by atoms with Crippen LogP contribution in [-0.2, 0) is 6.54 Å². The van der Waals surface area contributed by atoms with Gasteiger partial charge in [0.1, 0.15) is 0 Å². The quantitative estimate of drug-likeness (QED) is 0.752. The number of hydrogen-bond donors (Lipinski definition) is 2. The lowest BCUT2D eigenvalue weighted by molar-refractivity contribution is 0.395. The molecule has 1 aromatic carbocycles. The third-order valence-corrected chi connectivity index (χ3v) is 2.54. The van der Waals surface area contributed by atoms with Crippen molar-refractivity contribution >= 4 is 0 Å². The zero-order valence-electron chi connectivity index (χ0n) is 10.3. The van der Waals surface area contributed by atoms with Crippen molar-refractivity contribution in [2.75, 3.05) is 6.54 Å². The predicted octanol–water partition coefficient (Wildman–Crippen LogP) is 3.20. The van der Waals surface area contributed by atoms with Crippen LogP contribution >= 0.6 is 0 Å². The molecular formula is C13H19F2NO. The Morgan fingerprint density at radius 2 is 1.82 bits per heavy atom. The van der Waals surface area contributed by atoms with Crippen molar-refractivity contribution in [1.82, 2.24) is 5.32 Å². The third kappa shape index (κ3) is 4.69. The van der Waals surface area contributed by atoms with Gasteiger partial charge >= 0.3 is 0 Å². The van der Waals surface area contributed by atoms with Gasteiger partial charge in [-0.25, -0.2) is 8.78 Å². The lowest BCUT2D eigenvalue weighted by Crippen LogP contribution is -2.15. The topological polar surface area (TPSA) is 32.3 Å². The van der Waals surface area contributed by atoms with Crippen LogP contribution in [0.15, 0.2) is 12.1 Å².